The topological polar surface area (TPSA) is 105 Å². The average Bonchev–Trinajstić information content (AvgIpc) is 2.50. The fraction of sp³-hybridized carbons (Fsp3) is 0.333. The van der Waals surface area contributed by atoms with Crippen molar-refractivity contribution in [1.82, 2.24) is 15.0 Å². The van der Waals surface area contributed by atoms with Crippen molar-refractivity contribution in [3.8, 4) is 0 Å². The molecule has 0 fully saturated rings. The van der Waals surface area contributed by atoms with Gasteiger partial charge in [0.1, 0.15) is 6.04 Å². The van der Waals surface area contributed by atoms with Gasteiger partial charge in [0.2, 0.25) is 0 Å². The number of carbonyl (C=O) groups is 2. The second-order valence-electron chi connectivity index (χ2n) is 2.40. The van der Waals surface area contributed by atoms with Crippen molar-refractivity contribution in [2.75, 3.05) is 0 Å². The minimum absolute atomic E-state index is 0.270. The number of aliphatic carboxylic acids is 1. The van der Waals surface area contributed by atoms with Crippen molar-refractivity contribution in [2.24, 2.45) is 0 Å². The molecule has 0 aliphatic heterocycles. The molecule has 1 rings (SSSR count). The van der Waals surface area contributed by atoms with E-state index in [9.17, 15) is 9.59 Å². The number of aromatic nitrogens is 3. The lowest BCUT2D eigenvalue weighted by molar-refractivity contribution is -0.140. The Balaban J connectivity index is 2.91. The molecule has 0 spiro atoms. The maximum absolute atomic E-state index is 10.4. The molecular weight excluding hydrogens is 178 g/mol. The lowest BCUT2D eigenvalue weighted by Crippen LogP contribution is -2.16. The molecule has 7 nitrogen and oxygen atoms in total. The first-order valence-electron chi connectivity index (χ1n) is 3.40. The third-order valence-corrected chi connectivity index (χ3v) is 1.48. The van der Waals surface area contributed by atoms with Crippen molar-refractivity contribution in [1.29, 1.82) is 0 Å². The van der Waals surface area contributed by atoms with Gasteiger partial charge in [-0.3, -0.25) is 0 Å². The zero-order chi connectivity index (χ0) is 10.0. The van der Waals surface area contributed by atoms with Gasteiger partial charge in [-0.05, 0) is 6.92 Å². The minimum Gasteiger partial charge on any atom is -0.480 e. The number of hydrogen-bond acceptors (Lipinski definition) is 4. The van der Waals surface area contributed by atoms with Crippen LogP contribution in [0.3, 0.4) is 0 Å². The number of carboxylic acid groups (broad SMARTS) is 2. The van der Waals surface area contributed by atoms with Crippen LogP contribution in [0.15, 0.2) is 6.20 Å². The third kappa shape index (κ3) is 1.81. The lowest BCUT2D eigenvalue weighted by atomic mass is 10.3. The summed E-state index contributed by atoms with van der Waals surface area (Å²) in [6.07, 6.45) is 1.07. The summed E-state index contributed by atoms with van der Waals surface area (Å²) in [5.74, 6) is -2.33. The Kier molecular flexibility index (Phi) is 2.27. The normalized spacial score (nSPS) is 12.4. The van der Waals surface area contributed by atoms with E-state index in [0.29, 0.717) is 0 Å². The van der Waals surface area contributed by atoms with Crippen LogP contribution in [0, 0.1) is 0 Å². The van der Waals surface area contributed by atoms with Gasteiger partial charge in [-0.15, -0.1) is 5.10 Å². The van der Waals surface area contributed by atoms with Gasteiger partial charge in [-0.25, -0.2) is 14.3 Å². The molecule has 0 radical (unpaired) electrons. The molecule has 1 aromatic rings. The number of hydrogen-bond donors (Lipinski definition) is 2. The summed E-state index contributed by atoms with van der Waals surface area (Å²) in [6.45, 7) is 1.38. The molecule has 0 saturated carbocycles. The molecule has 1 unspecified atom stereocenters. The summed E-state index contributed by atoms with van der Waals surface area (Å²) < 4.78 is 0.978. The summed E-state index contributed by atoms with van der Waals surface area (Å²) in [5, 5.41) is 23.6. The summed E-state index contributed by atoms with van der Waals surface area (Å²) in [6, 6.07) is -0.916. The van der Waals surface area contributed by atoms with Gasteiger partial charge < -0.3 is 10.2 Å². The molecule has 1 aromatic heterocycles. The Hall–Kier alpha value is -1.92. The Morgan fingerprint density at radius 1 is 1.54 bits per heavy atom. The largest absolute Gasteiger partial charge is 0.480 e. The highest BCUT2D eigenvalue weighted by Crippen LogP contribution is 2.03. The van der Waals surface area contributed by atoms with Crippen molar-refractivity contribution in [2.45, 2.75) is 13.0 Å². The van der Waals surface area contributed by atoms with Crippen LogP contribution in [0.1, 0.15) is 23.5 Å². The monoisotopic (exact) mass is 185 g/mol. The summed E-state index contributed by atoms with van der Waals surface area (Å²) in [7, 11) is 0. The van der Waals surface area contributed by atoms with Gasteiger partial charge in [0.25, 0.3) is 0 Å². The van der Waals surface area contributed by atoms with Crippen LogP contribution < -0.4 is 0 Å². The smallest absolute Gasteiger partial charge is 0.358 e. The Morgan fingerprint density at radius 3 is 2.54 bits per heavy atom. The van der Waals surface area contributed by atoms with E-state index in [0.717, 1.165) is 10.9 Å². The first-order chi connectivity index (χ1) is 6.02. The molecule has 0 aromatic carbocycles. The third-order valence-electron chi connectivity index (χ3n) is 1.48. The molecule has 0 aliphatic carbocycles. The molecule has 13 heavy (non-hydrogen) atoms. The van der Waals surface area contributed by atoms with E-state index >= 15 is 0 Å². The lowest BCUT2D eigenvalue weighted by Gasteiger charge is -2.03. The molecule has 1 heterocycles. The van der Waals surface area contributed by atoms with E-state index in [2.05, 4.69) is 10.3 Å². The number of aromatic carboxylic acids is 1. The van der Waals surface area contributed by atoms with Gasteiger partial charge in [-0.1, -0.05) is 5.21 Å². The van der Waals surface area contributed by atoms with Crippen LogP contribution in [0.2, 0.25) is 0 Å². The second kappa shape index (κ2) is 3.21. The number of rotatable bonds is 3. The zero-order valence-corrected chi connectivity index (χ0v) is 6.71. The second-order valence-corrected chi connectivity index (χ2v) is 2.40. The molecule has 2 N–H and O–H groups in total. The van der Waals surface area contributed by atoms with Crippen LogP contribution in [-0.2, 0) is 4.79 Å². The van der Waals surface area contributed by atoms with E-state index in [1.807, 2.05) is 0 Å². The van der Waals surface area contributed by atoms with Crippen molar-refractivity contribution in [3.05, 3.63) is 11.9 Å². The molecule has 0 amide bonds. The van der Waals surface area contributed by atoms with Gasteiger partial charge in [0.15, 0.2) is 5.69 Å². The van der Waals surface area contributed by atoms with Gasteiger partial charge in [-0.2, -0.15) is 0 Å². The number of carboxylic acids is 2. The maximum atomic E-state index is 10.4. The molecular formula is C6H7N3O4. The fourth-order valence-corrected chi connectivity index (χ4v) is 0.677. The van der Waals surface area contributed by atoms with Crippen molar-refractivity contribution in [3.63, 3.8) is 0 Å². The van der Waals surface area contributed by atoms with E-state index in [1.165, 1.54) is 6.92 Å². The molecule has 1 atom stereocenters. The van der Waals surface area contributed by atoms with E-state index in [1.54, 1.807) is 0 Å². The standard InChI is InChI=1S/C6H7N3O4/c1-3(5(10)11)9-2-4(6(12)13)7-8-9/h2-3H,1H3,(H,10,11)(H,12,13). The number of nitrogens with zero attached hydrogens (tertiary/aromatic N) is 3. The highest BCUT2D eigenvalue weighted by atomic mass is 16.4. The Morgan fingerprint density at radius 2 is 2.15 bits per heavy atom. The van der Waals surface area contributed by atoms with Gasteiger partial charge in [0.05, 0.1) is 6.20 Å². The Bertz CT molecular complexity index is 345. The van der Waals surface area contributed by atoms with Crippen LogP contribution in [0.25, 0.3) is 0 Å². The van der Waals surface area contributed by atoms with Gasteiger partial charge >= 0.3 is 11.9 Å². The van der Waals surface area contributed by atoms with Crippen LogP contribution in [0.4, 0.5) is 0 Å². The summed E-state index contributed by atoms with van der Waals surface area (Å²) >= 11 is 0. The van der Waals surface area contributed by atoms with Crippen LogP contribution in [0.5, 0.6) is 0 Å². The van der Waals surface area contributed by atoms with Crippen LogP contribution >= 0.6 is 0 Å². The van der Waals surface area contributed by atoms with E-state index in [-0.39, 0.29) is 5.69 Å². The van der Waals surface area contributed by atoms with Crippen LogP contribution in [-0.4, -0.2) is 37.1 Å². The maximum Gasteiger partial charge on any atom is 0.358 e. The fourth-order valence-electron chi connectivity index (χ4n) is 0.677. The Labute approximate surface area is 72.6 Å². The molecule has 7 heteroatoms. The van der Waals surface area contributed by atoms with E-state index in [4.69, 9.17) is 10.2 Å². The molecule has 70 valence electrons. The predicted molar refractivity (Wildman–Crippen MR) is 39.3 cm³/mol. The molecule has 0 saturated heterocycles. The van der Waals surface area contributed by atoms with Crippen molar-refractivity contribution >= 4 is 11.9 Å². The first kappa shape index (κ1) is 9.17. The summed E-state index contributed by atoms with van der Waals surface area (Å²) in [4.78, 5) is 20.8. The zero-order valence-electron chi connectivity index (χ0n) is 6.71. The van der Waals surface area contributed by atoms with Crippen molar-refractivity contribution < 1.29 is 19.8 Å². The molecule has 0 aliphatic rings. The van der Waals surface area contributed by atoms with E-state index < -0.39 is 18.0 Å². The highest BCUT2D eigenvalue weighted by Gasteiger charge is 2.17. The highest BCUT2D eigenvalue weighted by molar-refractivity contribution is 5.84. The summed E-state index contributed by atoms with van der Waals surface area (Å²) in [5.41, 5.74) is -0.270. The molecule has 0 bridgehead atoms. The quantitative estimate of drug-likeness (QED) is 0.665. The SMILES string of the molecule is CC(C(=O)O)n1cc(C(=O)O)nn1. The first-order valence-corrected chi connectivity index (χ1v) is 3.40. The minimum atomic E-state index is -1.23. The van der Waals surface area contributed by atoms with Gasteiger partial charge in [0, 0.05) is 0 Å². The average molecular weight is 185 g/mol. The predicted octanol–water partition coefficient (Wildman–Crippen LogP) is -0.378.